The summed E-state index contributed by atoms with van der Waals surface area (Å²) in [6.45, 7) is 0.400. The Hall–Kier alpha value is -2.77. The zero-order chi connectivity index (χ0) is 18.3. The van der Waals surface area contributed by atoms with Crippen molar-refractivity contribution >= 4 is 40.2 Å². The summed E-state index contributed by atoms with van der Waals surface area (Å²) in [6, 6.07) is 11.3. The molecule has 0 saturated carbocycles. The summed E-state index contributed by atoms with van der Waals surface area (Å²) >= 11 is 12.1. The maximum Gasteiger partial charge on any atom is 0.263 e. The lowest BCUT2D eigenvalue weighted by molar-refractivity contribution is 0.836. The van der Waals surface area contributed by atoms with E-state index in [0.717, 1.165) is 11.4 Å². The minimum Gasteiger partial charge on any atom is -0.350 e. The molecular formula is C17H14Cl2N6O. The van der Waals surface area contributed by atoms with Gasteiger partial charge in [-0.2, -0.15) is 10.1 Å². The molecular weight excluding hydrogens is 375 g/mol. The number of nitrogens with zero attached hydrogens (tertiary/aromatic N) is 4. The molecule has 3 heterocycles. The van der Waals surface area contributed by atoms with Crippen LogP contribution in [-0.4, -0.2) is 24.3 Å². The Morgan fingerprint density at radius 3 is 2.69 bits per heavy atom. The van der Waals surface area contributed by atoms with Crippen LogP contribution in [0.3, 0.4) is 0 Å². The highest BCUT2D eigenvalue weighted by Crippen LogP contribution is 2.25. The van der Waals surface area contributed by atoms with Gasteiger partial charge in [-0.1, -0.05) is 41.4 Å². The van der Waals surface area contributed by atoms with E-state index in [1.807, 2.05) is 37.4 Å². The van der Waals surface area contributed by atoms with Crippen LogP contribution in [0, 0.1) is 0 Å². The van der Waals surface area contributed by atoms with E-state index >= 15 is 0 Å². The van der Waals surface area contributed by atoms with Crippen LogP contribution in [0.15, 0.2) is 47.4 Å². The van der Waals surface area contributed by atoms with Gasteiger partial charge >= 0.3 is 0 Å². The van der Waals surface area contributed by atoms with Crippen molar-refractivity contribution in [1.29, 1.82) is 0 Å². The highest BCUT2D eigenvalue weighted by atomic mass is 35.5. The third-order valence-corrected chi connectivity index (χ3v) is 4.93. The van der Waals surface area contributed by atoms with E-state index in [9.17, 15) is 4.79 Å². The van der Waals surface area contributed by atoms with Crippen LogP contribution < -0.4 is 10.9 Å². The van der Waals surface area contributed by atoms with E-state index in [4.69, 9.17) is 23.2 Å². The van der Waals surface area contributed by atoms with Crippen LogP contribution >= 0.6 is 23.2 Å². The van der Waals surface area contributed by atoms with E-state index < -0.39 is 0 Å². The molecule has 132 valence electrons. The fourth-order valence-electron chi connectivity index (χ4n) is 2.69. The molecule has 2 N–H and O–H groups in total. The number of nitrogens with one attached hydrogen (secondary N) is 2. The first kappa shape index (κ1) is 16.7. The van der Waals surface area contributed by atoms with Crippen molar-refractivity contribution in [2.45, 2.75) is 6.54 Å². The molecule has 0 aliphatic heterocycles. The molecule has 0 amide bonds. The Balaban J connectivity index is 1.70. The van der Waals surface area contributed by atoms with Crippen LogP contribution in [0.4, 0.5) is 5.95 Å². The minimum absolute atomic E-state index is 0.261. The second-order valence-electron chi connectivity index (χ2n) is 5.73. The number of benzene rings is 1. The van der Waals surface area contributed by atoms with Gasteiger partial charge in [-0.3, -0.25) is 9.78 Å². The van der Waals surface area contributed by atoms with Gasteiger partial charge in [0.15, 0.2) is 5.65 Å². The summed E-state index contributed by atoms with van der Waals surface area (Å²) in [7, 11) is 1.81. The number of H-pyrrole nitrogens is 1. The molecule has 0 unspecified atom stereocenters. The Labute approximate surface area is 158 Å². The molecule has 0 atom stereocenters. The number of anilines is 1. The standard InChI is InChI=1S/C17H14Cl2N6O/c1-24-11(7-13(18)14(24)19)8-20-17-22-15-12(16(26)23-17)9-21-25(15)10-5-3-2-4-6-10/h2-7,9H,8H2,1H3,(H2,20,22,23,26). The number of fused-ring (bicyclic) bond motifs is 1. The van der Waals surface area contributed by atoms with Gasteiger partial charge in [-0.05, 0) is 18.2 Å². The van der Waals surface area contributed by atoms with Crippen LogP contribution in [0.2, 0.25) is 10.2 Å². The summed E-state index contributed by atoms with van der Waals surface area (Å²) in [5.74, 6) is 0.341. The summed E-state index contributed by atoms with van der Waals surface area (Å²) in [4.78, 5) is 19.6. The molecule has 0 saturated heterocycles. The van der Waals surface area contributed by atoms with Crippen molar-refractivity contribution in [2.75, 3.05) is 5.32 Å². The van der Waals surface area contributed by atoms with Gasteiger partial charge < -0.3 is 9.88 Å². The van der Waals surface area contributed by atoms with E-state index in [1.54, 1.807) is 15.3 Å². The SMILES string of the molecule is Cn1c(CNc2nc3c(cnn3-c3ccccc3)c(=O)[nH]2)cc(Cl)c1Cl. The lowest BCUT2D eigenvalue weighted by Crippen LogP contribution is -2.14. The topological polar surface area (TPSA) is 80.5 Å². The molecule has 0 spiro atoms. The minimum atomic E-state index is -0.261. The van der Waals surface area contributed by atoms with Gasteiger partial charge in [0.25, 0.3) is 5.56 Å². The Morgan fingerprint density at radius 2 is 2.00 bits per heavy atom. The van der Waals surface area contributed by atoms with Gasteiger partial charge in [0, 0.05) is 12.7 Å². The summed E-state index contributed by atoms with van der Waals surface area (Å²) in [5.41, 5.74) is 1.90. The fourth-order valence-corrected chi connectivity index (χ4v) is 3.11. The van der Waals surface area contributed by atoms with Crippen molar-refractivity contribution in [1.82, 2.24) is 24.3 Å². The molecule has 0 fully saturated rings. The lowest BCUT2D eigenvalue weighted by atomic mass is 10.3. The summed E-state index contributed by atoms with van der Waals surface area (Å²) in [6.07, 6.45) is 1.51. The maximum atomic E-state index is 12.3. The molecule has 3 aromatic heterocycles. The van der Waals surface area contributed by atoms with E-state index in [1.165, 1.54) is 6.20 Å². The Morgan fingerprint density at radius 1 is 1.23 bits per heavy atom. The first-order valence-electron chi connectivity index (χ1n) is 7.81. The molecule has 1 aromatic carbocycles. The van der Waals surface area contributed by atoms with Crippen molar-refractivity contribution in [3.63, 3.8) is 0 Å². The van der Waals surface area contributed by atoms with Crippen LogP contribution in [0.1, 0.15) is 5.69 Å². The van der Waals surface area contributed by atoms with Crippen LogP contribution in [-0.2, 0) is 13.6 Å². The van der Waals surface area contributed by atoms with E-state index in [-0.39, 0.29) is 5.56 Å². The molecule has 7 nitrogen and oxygen atoms in total. The second kappa shape index (κ2) is 6.51. The summed E-state index contributed by atoms with van der Waals surface area (Å²) in [5, 5.41) is 8.74. The number of rotatable bonds is 4. The fraction of sp³-hybridized carbons (Fsp3) is 0.118. The van der Waals surface area contributed by atoms with Gasteiger partial charge in [0.1, 0.15) is 10.5 Å². The molecule has 0 aliphatic rings. The zero-order valence-electron chi connectivity index (χ0n) is 13.7. The molecule has 4 aromatic rings. The predicted octanol–water partition coefficient (Wildman–Crippen LogP) is 3.37. The average molecular weight is 389 g/mol. The molecule has 0 radical (unpaired) electrons. The van der Waals surface area contributed by atoms with Gasteiger partial charge in [0.2, 0.25) is 5.95 Å². The van der Waals surface area contributed by atoms with E-state index in [2.05, 4.69) is 20.4 Å². The van der Waals surface area contributed by atoms with E-state index in [0.29, 0.717) is 33.7 Å². The van der Waals surface area contributed by atoms with Gasteiger partial charge in [-0.25, -0.2) is 4.68 Å². The van der Waals surface area contributed by atoms with Crippen LogP contribution in [0.25, 0.3) is 16.7 Å². The van der Waals surface area contributed by atoms with Crippen molar-refractivity contribution in [3.05, 3.63) is 68.8 Å². The quantitative estimate of drug-likeness (QED) is 0.561. The first-order valence-corrected chi connectivity index (χ1v) is 8.57. The predicted molar refractivity (Wildman–Crippen MR) is 102 cm³/mol. The number of hydrogen-bond donors (Lipinski definition) is 2. The zero-order valence-corrected chi connectivity index (χ0v) is 15.2. The lowest BCUT2D eigenvalue weighted by Gasteiger charge is -2.08. The Bertz CT molecular complexity index is 1150. The average Bonchev–Trinajstić information content (AvgIpc) is 3.18. The number of para-hydroxylation sites is 1. The Kier molecular flexibility index (Phi) is 4.18. The largest absolute Gasteiger partial charge is 0.350 e. The monoisotopic (exact) mass is 388 g/mol. The highest BCUT2D eigenvalue weighted by molar-refractivity contribution is 6.41. The second-order valence-corrected chi connectivity index (χ2v) is 6.50. The number of aromatic nitrogens is 5. The third-order valence-electron chi connectivity index (χ3n) is 4.09. The molecule has 0 aliphatic carbocycles. The molecule has 4 rings (SSSR count). The number of hydrogen-bond acceptors (Lipinski definition) is 4. The first-order chi connectivity index (χ1) is 12.5. The number of halogens is 2. The van der Waals surface area contributed by atoms with Crippen molar-refractivity contribution in [3.8, 4) is 5.69 Å². The highest BCUT2D eigenvalue weighted by Gasteiger charge is 2.13. The van der Waals surface area contributed by atoms with Crippen LogP contribution in [0.5, 0.6) is 0 Å². The third kappa shape index (κ3) is 2.85. The van der Waals surface area contributed by atoms with Crippen molar-refractivity contribution in [2.24, 2.45) is 7.05 Å². The molecule has 0 bridgehead atoms. The summed E-state index contributed by atoms with van der Waals surface area (Å²) < 4.78 is 3.40. The number of aromatic amines is 1. The van der Waals surface area contributed by atoms with Gasteiger partial charge in [-0.15, -0.1) is 0 Å². The normalized spacial score (nSPS) is 11.2. The van der Waals surface area contributed by atoms with Gasteiger partial charge in [0.05, 0.1) is 23.5 Å². The maximum absolute atomic E-state index is 12.3. The molecule has 9 heteroatoms. The van der Waals surface area contributed by atoms with Crippen molar-refractivity contribution < 1.29 is 0 Å². The smallest absolute Gasteiger partial charge is 0.263 e. The molecule has 26 heavy (non-hydrogen) atoms.